The maximum absolute atomic E-state index is 13.2. The number of amides is 1. The highest BCUT2D eigenvalue weighted by atomic mass is 35.5. The van der Waals surface area contributed by atoms with Crippen LogP contribution in [0.4, 0.5) is 0 Å². The van der Waals surface area contributed by atoms with Crippen LogP contribution in [0.1, 0.15) is 37.3 Å². The SMILES string of the molecule is CCCCCNC(=O)CN(Cc1ccc(Cl)c(Cl)c1)S(=O)(=O)c1ccc(C)cc1. The summed E-state index contributed by atoms with van der Waals surface area (Å²) in [4.78, 5) is 12.5. The van der Waals surface area contributed by atoms with Gasteiger partial charge in [0.1, 0.15) is 0 Å². The number of sulfonamides is 1. The number of aryl methyl sites for hydroxylation is 1. The van der Waals surface area contributed by atoms with E-state index in [-0.39, 0.29) is 23.9 Å². The Morgan fingerprint density at radius 3 is 2.34 bits per heavy atom. The van der Waals surface area contributed by atoms with Gasteiger partial charge in [0.05, 0.1) is 21.5 Å². The minimum atomic E-state index is -3.87. The average Bonchev–Trinajstić information content (AvgIpc) is 2.68. The van der Waals surface area contributed by atoms with E-state index in [1.807, 2.05) is 6.92 Å². The summed E-state index contributed by atoms with van der Waals surface area (Å²) < 4.78 is 27.6. The van der Waals surface area contributed by atoms with Crippen molar-refractivity contribution in [3.05, 3.63) is 63.6 Å². The van der Waals surface area contributed by atoms with Crippen LogP contribution in [0.3, 0.4) is 0 Å². The lowest BCUT2D eigenvalue weighted by atomic mass is 10.2. The quantitative estimate of drug-likeness (QED) is 0.522. The van der Waals surface area contributed by atoms with Gasteiger partial charge in [-0.3, -0.25) is 4.79 Å². The minimum absolute atomic E-state index is 0.00940. The lowest BCUT2D eigenvalue weighted by molar-refractivity contribution is -0.121. The van der Waals surface area contributed by atoms with E-state index in [0.29, 0.717) is 22.2 Å². The van der Waals surface area contributed by atoms with Gasteiger partial charge in [-0.1, -0.05) is 66.7 Å². The second kappa shape index (κ2) is 11.0. The molecule has 8 heteroatoms. The van der Waals surface area contributed by atoms with Crippen molar-refractivity contribution in [2.24, 2.45) is 0 Å². The van der Waals surface area contributed by atoms with E-state index in [2.05, 4.69) is 12.2 Å². The Bertz CT molecular complexity index is 931. The molecule has 5 nitrogen and oxygen atoms in total. The van der Waals surface area contributed by atoms with Crippen molar-refractivity contribution >= 4 is 39.1 Å². The molecule has 0 unspecified atom stereocenters. The van der Waals surface area contributed by atoms with Crippen molar-refractivity contribution in [1.82, 2.24) is 9.62 Å². The molecule has 1 N–H and O–H groups in total. The van der Waals surface area contributed by atoms with Crippen LogP contribution in [-0.2, 0) is 21.4 Å². The van der Waals surface area contributed by atoms with Gasteiger partial charge in [-0.2, -0.15) is 4.31 Å². The number of unbranched alkanes of at least 4 members (excludes halogenated alkanes) is 2. The van der Waals surface area contributed by atoms with Crippen molar-refractivity contribution in [1.29, 1.82) is 0 Å². The molecule has 0 spiro atoms. The molecule has 0 heterocycles. The molecular weight excluding hydrogens is 431 g/mol. The standard InChI is InChI=1S/C21H26Cl2N2O3S/c1-3-4-5-12-24-21(26)15-25(14-17-8-11-19(22)20(23)13-17)29(27,28)18-9-6-16(2)7-10-18/h6-11,13H,3-5,12,14-15H2,1-2H3,(H,24,26). The summed E-state index contributed by atoms with van der Waals surface area (Å²) in [6.45, 7) is 4.22. The number of nitrogens with one attached hydrogen (secondary N) is 1. The van der Waals surface area contributed by atoms with Crippen molar-refractivity contribution in [2.75, 3.05) is 13.1 Å². The average molecular weight is 457 g/mol. The molecule has 0 aliphatic heterocycles. The van der Waals surface area contributed by atoms with E-state index >= 15 is 0 Å². The third kappa shape index (κ3) is 7.00. The summed E-state index contributed by atoms with van der Waals surface area (Å²) in [5, 5.41) is 3.51. The second-order valence-electron chi connectivity index (χ2n) is 6.89. The molecule has 2 aromatic carbocycles. The molecule has 0 bridgehead atoms. The Morgan fingerprint density at radius 1 is 1.03 bits per heavy atom. The number of benzene rings is 2. The van der Waals surface area contributed by atoms with Gasteiger partial charge in [0.2, 0.25) is 15.9 Å². The first-order valence-electron chi connectivity index (χ1n) is 9.51. The molecule has 0 radical (unpaired) electrons. The molecular formula is C21H26Cl2N2O3S. The molecule has 0 atom stereocenters. The van der Waals surface area contributed by atoms with Gasteiger partial charge in [-0.15, -0.1) is 0 Å². The van der Waals surface area contributed by atoms with Crippen LogP contribution < -0.4 is 5.32 Å². The highest BCUT2D eigenvalue weighted by molar-refractivity contribution is 7.89. The molecule has 0 saturated heterocycles. The maximum Gasteiger partial charge on any atom is 0.243 e. The van der Waals surface area contributed by atoms with Gasteiger partial charge in [0.15, 0.2) is 0 Å². The van der Waals surface area contributed by atoms with E-state index in [1.165, 1.54) is 0 Å². The van der Waals surface area contributed by atoms with Crippen LogP contribution in [0.5, 0.6) is 0 Å². The first kappa shape index (κ1) is 23.7. The van der Waals surface area contributed by atoms with Gasteiger partial charge in [0, 0.05) is 13.1 Å². The van der Waals surface area contributed by atoms with Crippen LogP contribution in [0.25, 0.3) is 0 Å². The molecule has 0 fully saturated rings. The van der Waals surface area contributed by atoms with E-state index in [4.69, 9.17) is 23.2 Å². The van der Waals surface area contributed by atoms with E-state index in [0.717, 1.165) is 29.1 Å². The number of nitrogens with zero attached hydrogens (tertiary/aromatic N) is 1. The lowest BCUT2D eigenvalue weighted by Gasteiger charge is -2.22. The van der Waals surface area contributed by atoms with Gasteiger partial charge >= 0.3 is 0 Å². The smallest absolute Gasteiger partial charge is 0.243 e. The van der Waals surface area contributed by atoms with Crippen LogP contribution in [0.2, 0.25) is 10.0 Å². The zero-order chi connectivity index (χ0) is 21.4. The molecule has 2 rings (SSSR count). The number of hydrogen-bond acceptors (Lipinski definition) is 3. The number of carbonyl (C=O) groups excluding carboxylic acids is 1. The predicted molar refractivity (Wildman–Crippen MR) is 118 cm³/mol. The summed E-state index contributed by atoms with van der Waals surface area (Å²) in [5.74, 6) is -0.336. The molecule has 1 amide bonds. The zero-order valence-electron chi connectivity index (χ0n) is 16.6. The van der Waals surface area contributed by atoms with Crippen molar-refractivity contribution in [3.8, 4) is 0 Å². The van der Waals surface area contributed by atoms with E-state index < -0.39 is 10.0 Å². The van der Waals surface area contributed by atoms with Gasteiger partial charge < -0.3 is 5.32 Å². The monoisotopic (exact) mass is 456 g/mol. The molecule has 0 aliphatic carbocycles. The van der Waals surface area contributed by atoms with Gasteiger partial charge in [-0.05, 0) is 43.2 Å². The summed E-state index contributed by atoms with van der Waals surface area (Å²) >= 11 is 12.0. The van der Waals surface area contributed by atoms with Crippen LogP contribution >= 0.6 is 23.2 Å². The van der Waals surface area contributed by atoms with Crippen LogP contribution in [0, 0.1) is 6.92 Å². The molecule has 29 heavy (non-hydrogen) atoms. The zero-order valence-corrected chi connectivity index (χ0v) is 18.9. The number of carbonyl (C=O) groups is 1. The number of rotatable bonds is 10. The Morgan fingerprint density at radius 2 is 1.72 bits per heavy atom. The molecule has 158 valence electrons. The highest BCUT2D eigenvalue weighted by Crippen LogP contribution is 2.25. The van der Waals surface area contributed by atoms with E-state index in [1.54, 1.807) is 42.5 Å². The van der Waals surface area contributed by atoms with Crippen LogP contribution in [-0.4, -0.2) is 31.7 Å². The first-order valence-corrected chi connectivity index (χ1v) is 11.7. The Balaban J connectivity index is 2.25. The molecule has 0 saturated carbocycles. The summed E-state index contributed by atoms with van der Waals surface area (Å²) in [7, 11) is -3.87. The Hall–Kier alpha value is -1.60. The maximum atomic E-state index is 13.2. The largest absolute Gasteiger partial charge is 0.355 e. The first-order chi connectivity index (χ1) is 13.7. The second-order valence-corrected chi connectivity index (χ2v) is 9.64. The normalized spacial score (nSPS) is 11.6. The van der Waals surface area contributed by atoms with Gasteiger partial charge in [-0.25, -0.2) is 8.42 Å². The van der Waals surface area contributed by atoms with Crippen molar-refractivity contribution in [2.45, 2.75) is 44.6 Å². The molecule has 0 aromatic heterocycles. The lowest BCUT2D eigenvalue weighted by Crippen LogP contribution is -2.40. The van der Waals surface area contributed by atoms with Crippen molar-refractivity contribution in [3.63, 3.8) is 0 Å². The minimum Gasteiger partial charge on any atom is -0.355 e. The van der Waals surface area contributed by atoms with E-state index in [9.17, 15) is 13.2 Å². The fourth-order valence-corrected chi connectivity index (χ4v) is 4.45. The van der Waals surface area contributed by atoms with Crippen molar-refractivity contribution < 1.29 is 13.2 Å². The summed E-state index contributed by atoms with van der Waals surface area (Å²) in [6, 6.07) is 11.5. The summed E-state index contributed by atoms with van der Waals surface area (Å²) in [5.41, 5.74) is 1.60. The summed E-state index contributed by atoms with van der Waals surface area (Å²) in [6.07, 6.45) is 2.91. The highest BCUT2D eigenvalue weighted by Gasteiger charge is 2.27. The fourth-order valence-electron chi connectivity index (χ4n) is 2.75. The number of halogens is 2. The Labute approximate surface area is 183 Å². The number of hydrogen-bond donors (Lipinski definition) is 1. The van der Waals surface area contributed by atoms with Gasteiger partial charge in [0.25, 0.3) is 0 Å². The Kier molecular flexibility index (Phi) is 8.96. The predicted octanol–water partition coefficient (Wildman–Crippen LogP) is 4.80. The third-order valence-corrected chi connectivity index (χ3v) is 6.97. The molecule has 0 aliphatic rings. The topological polar surface area (TPSA) is 66.5 Å². The molecule has 2 aromatic rings. The fraction of sp³-hybridized carbons (Fsp3) is 0.381. The van der Waals surface area contributed by atoms with Crippen LogP contribution in [0.15, 0.2) is 47.4 Å². The third-order valence-electron chi connectivity index (χ3n) is 4.42.